The highest BCUT2D eigenvalue weighted by molar-refractivity contribution is 6.11. The number of ether oxygens (including phenoxy) is 1. The molecule has 0 fully saturated rings. The molecule has 0 bridgehead atoms. The lowest BCUT2D eigenvalue weighted by Crippen LogP contribution is -2.16. The molecular formula is C19H14N2O6. The molecule has 1 amide bonds. The summed E-state index contributed by atoms with van der Waals surface area (Å²) in [5, 5.41) is 29.4. The van der Waals surface area contributed by atoms with E-state index in [0.717, 1.165) is 0 Å². The van der Waals surface area contributed by atoms with Gasteiger partial charge in [-0.25, -0.2) is 9.59 Å². The van der Waals surface area contributed by atoms with E-state index >= 15 is 0 Å². The van der Waals surface area contributed by atoms with Crippen LogP contribution in [0, 0.1) is 11.3 Å². The lowest BCUT2D eigenvalue weighted by molar-refractivity contribution is -0.139. The Balaban J connectivity index is 2.22. The second-order valence-electron chi connectivity index (χ2n) is 5.23. The number of carbonyl (C=O) groups excluding carboxylic acids is 1. The van der Waals surface area contributed by atoms with Gasteiger partial charge in [0.2, 0.25) is 0 Å². The van der Waals surface area contributed by atoms with Crippen molar-refractivity contribution in [2.24, 2.45) is 0 Å². The van der Waals surface area contributed by atoms with Gasteiger partial charge in [0.1, 0.15) is 17.4 Å². The minimum atomic E-state index is -1.21. The Morgan fingerprint density at radius 3 is 2.52 bits per heavy atom. The Kier molecular flexibility index (Phi) is 6.28. The summed E-state index contributed by atoms with van der Waals surface area (Å²) >= 11 is 0. The predicted octanol–water partition coefficient (Wildman–Crippen LogP) is 2.39. The van der Waals surface area contributed by atoms with E-state index < -0.39 is 24.5 Å². The van der Waals surface area contributed by atoms with E-state index in [4.69, 9.17) is 14.9 Å². The number of rotatable bonds is 7. The maximum absolute atomic E-state index is 12.3. The smallest absolute Gasteiger partial charge is 0.341 e. The maximum atomic E-state index is 12.3. The number of nitrogens with zero attached hydrogens (tertiary/aromatic N) is 1. The first-order chi connectivity index (χ1) is 12.9. The lowest BCUT2D eigenvalue weighted by Gasteiger charge is -2.08. The molecule has 0 saturated carbocycles. The van der Waals surface area contributed by atoms with Gasteiger partial charge in [0, 0.05) is 0 Å². The van der Waals surface area contributed by atoms with Gasteiger partial charge in [-0.1, -0.05) is 24.3 Å². The van der Waals surface area contributed by atoms with Gasteiger partial charge < -0.3 is 20.3 Å². The Bertz CT molecular complexity index is 959. The van der Waals surface area contributed by atoms with Crippen LogP contribution in [0.4, 0.5) is 5.69 Å². The quantitative estimate of drug-likeness (QED) is 0.505. The van der Waals surface area contributed by atoms with E-state index in [1.807, 2.05) is 0 Å². The summed E-state index contributed by atoms with van der Waals surface area (Å²) in [4.78, 5) is 34.1. The van der Waals surface area contributed by atoms with E-state index in [1.165, 1.54) is 36.4 Å². The third kappa shape index (κ3) is 5.44. The van der Waals surface area contributed by atoms with Crippen molar-refractivity contribution < 1.29 is 29.3 Å². The minimum Gasteiger partial charge on any atom is -0.482 e. The highest BCUT2D eigenvalue weighted by Crippen LogP contribution is 2.18. The van der Waals surface area contributed by atoms with Crippen molar-refractivity contribution in [3.63, 3.8) is 0 Å². The molecule has 0 spiro atoms. The molecule has 8 heteroatoms. The Morgan fingerprint density at radius 2 is 1.85 bits per heavy atom. The summed E-state index contributed by atoms with van der Waals surface area (Å²) in [6.07, 6.45) is 1.28. The fourth-order valence-electron chi connectivity index (χ4n) is 2.12. The third-order valence-electron chi connectivity index (χ3n) is 3.30. The second kappa shape index (κ2) is 8.82. The summed E-state index contributed by atoms with van der Waals surface area (Å²) in [5.74, 6) is -2.86. The number of anilines is 1. The molecule has 27 heavy (non-hydrogen) atoms. The number of hydrogen-bond acceptors (Lipinski definition) is 5. The predicted molar refractivity (Wildman–Crippen MR) is 95.2 cm³/mol. The van der Waals surface area contributed by atoms with Crippen molar-refractivity contribution in [2.75, 3.05) is 11.9 Å². The van der Waals surface area contributed by atoms with Gasteiger partial charge in [0.25, 0.3) is 5.91 Å². The standard InChI is InChI=1S/C19H14N2O6/c20-10-13(8-12-4-3-5-14(9-12)27-11-17(22)23)18(24)21-16-7-2-1-6-15(16)19(25)26/h1-9H,11H2,(H,21,24)(H,22,23)(H,25,26)/b13-8+. The largest absolute Gasteiger partial charge is 0.482 e. The molecule has 0 aliphatic rings. The Labute approximate surface area is 153 Å². The first-order valence-electron chi connectivity index (χ1n) is 7.61. The molecule has 0 aromatic heterocycles. The van der Waals surface area contributed by atoms with Crippen molar-refractivity contribution in [2.45, 2.75) is 0 Å². The third-order valence-corrected chi connectivity index (χ3v) is 3.30. The highest BCUT2D eigenvalue weighted by atomic mass is 16.5. The molecule has 0 aliphatic heterocycles. The number of carboxylic acid groups (broad SMARTS) is 2. The lowest BCUT2D eigenvalue weighted by atomic mass is 10.1. The molecule has 8 nitrogen and oxygen atoms in total. The van der Waals surface area contributed by atoms with Crippen LogP contribution in [0.25, 0.3) is 6.08 Å². The molecule has 0 atom stereocenters. The molecule has 0 saturated heterocycles. The van der Waals surface area contributed by atoms with Gasteiger partial charge in [-0.15, -0.1) is 0 Å². The fourth-order valence-corrected chi connectivity index (χ4v) is 2.12. The Hall–Kier alpha value is -4.12. The van der Waals surface area contributed by atoms with E-state index in [2.05, 4.69) is 5.32 Å². The zero-order chi connectivity index (χ0) is 19.8. The number of carbonyl (C=O) groups is 3. The number of nitrogens with one attached hydrogen (secondary N) is 1. The molecule has 3 N–H and O–H groups in total. The van der Waals surface area contributed by atoms with Crippen LogP contribution in [-0.2, 0) is 9.59 Å². The number of para-hydroxylation sites is 1. The molecule has 0 unspecified atom stereocenters. The number of aromatic carboxylic acids is 1. The normalized spacial score (nSPS) is 10.6. The van der Waals surface area contributed by atoms with Gasteiger partial charge in [-0.05, 0) is 35.9 Å². The molecule has 2 aromatic rings. The molecule has 136 valence electrons. The average Bonchev–Trinajstić information content (AvgIpc) is 2.65. The molecular weight excluding hydrogens is 352 g/mol. The molecule has 2 aromatic carbocycles. The van der Waals surface area contributed by atoms with E-state index in [0.29, 0.717) is 5.56 Å². The summed E-state index contributed by atoms with van der Waals surface area (Å²) < 4.78 is 5.04. The monoisotopic (exact) mass is 366 g/mol. The van der Waals surface area contributed by atoms with Crippen LogP contribution in [-0.4, -0.2) is 34.7 Å². The summed E-state index contributed by atoms with van der Waals surface area (Å²) in [6.45, 7) is -0.523. The average molecular weight is 366 g/mol. The van der Waals surface area contributed by atoms with Crippen molar-refractivity contribution in [1.82, 2.24) is 0 Å². The van der Waals surface area contributed by atoms with Gasteiger partial charge in [0.05, 0.1) is 11.3 Å². The van der Waals surface area contributed by atoms with E-state index in [9.17, 15) is 19.6 Å². The van der Waals surface area contributed by atoms with Crippen LogP contribution in [0.2, 0.25) is 0 Å². The van der Waals surface area contributed by atoms with Gasteiger partial charge in [-0.3, -0.25) is 4.79 Å². The number of amides is 1. The number of benzene rings is 2. The van der Waals surface area contributed by atoms with Crippen LogP contribution in [0.3, 0.4) is 0 Å². The van der Waals surface area contributed by atoms with Crippen molar-refractivity contribution >= 4 is 29.6 Å². The van der Waals surface area contributed by atoms with E-state index in [-0.39, 0.29) is 22.6 Å². The number of nitriles is 1. The summed E-state index contributed by atoms with van der Waals surface area (Å²) in [7, 11) is 0. The van der Waals surface area contributed by atoms with Crippen molar-refractivity contribution in [3.8, 4) is 11.8 Å². The molecule has 0 heterocycles. The highest BCUT2D eigenvalue weighted by Gasteiger charge is 2.15. The van der Waals surface area contributed by atoms with Crippen molar-refractivity contribution in [3.05, 3.63) is 65.2 Å². The zero-order valence-electron chi connectivity index (χ0n) is 13.9. The van der Waals surface area contributed by atoms with Crippen molar-refractivity contribution in [1.29, 1.82) is 5.26 Å². The number of hydrogen-bond donors (Lipinski definition) is 3. The van der Waals surface area contributed by atoms with Gasteiger partial charge in [-0.2, -0.15) is 5.26 Å². The SMILES string of the molecule is N#C/C(=C\c1cccc(OCC(=O)O)c1)C(=O)Nc1ccccc1C(=O)O. The maximum Gasteiger partial charge on any atom is 0.341 e. The minimum absolute atomic E-state index is 0.0645. The first kappa shape index (κ1) is 19.2. The summed E-state index contributed by atoms with van der Waals surface area (Å²) in [6, 6.07) is 13.8. The molecule has 2 rings (SSSR count). The van der Waals surface area contributed by atoms with Gasteiger partial charge >= 0.3 is 11.9 Å². The van der Waals surface area contributed by atoms with Crippen LogP contribution < -0.4 is 10.1 Å². The topological polar surface area (TPSA) is 137 Å². The molecule has 0 aliphatic carbocycles. The Morgan fingerprint density at radius 1 is 1.11 bits per heavy atom. The molecule has 0 radical (unpaired) electrons. The second-order valence-corrected chi connectivity index (χ2v) is 5.23. The fraction of sp³-hybridized carbons (Fsp3) is 0.0526. The first-order valence-corrected chi connectivity index (χ1v) is 7.61. The van der Waals surface area contributed by atoms with Crippen LogP contribution in [0.15, 0.2) is 54.1 Å². The van der Waals surface area contributed by atoms with Crippen LogP contribution in [0.5, 0.6) is 5.75 Å². The van der Waals surface area contributed by atoms with Crippen LogP contribution >= 0.6 is 0 Å². The summed E-state index contributed by atoms with van der Waals surface area (Å²) in [5.41, 5.74) is 0.142. The van der Waals surface area contributed by atoms with Gasteiger partial charge in [0.15, 0.2) is 6.61 Å². The number of aliphatic carboxylic acids is 1. The zero-order valence-corrected chi connectivity index (χ0v) is 13.9. The number of carboxylic acids is 2. The van der Waals surface area contributed by atoms with E-state index in [1.54, 1.807) is 24.3 Å². The van der Waals surface area contributed by atoms with Crippen LogP contribution in [0.1, 0.15) is 15.9 Å².